The molecule has 5 heteroatoms. The number of aldehydes is 2. The van der Waals surface area contributed by atoms with Crippen molar-refractivity contribution in [1.82, 2.24) is 0 Å². The predicted octanol–water partition coefficient (Wildman–Crippen LogP) is 1.38. The Morgan fingerprint density at radius 1 is 0.812 bits per heavy atom. The average molecular weight is 289 g/mol. The summed E-state index contributed by atoms with van der Waals surface area (Å²) in [5.41, 5.74) is 0. The van der Waals surface area contributed by atoms with E-state index in [0.29, 0.717) is 19.3 Å². The van der Waals surface area contributed by atoms with Gasteiger partial charge in [0.05, 0.1) is 0 Å². The molecule has 88 valence electrons. The Labute approximate surface area is 104 Å². The first-order chi connectivity index (χ1) is 7.20. The van der Waals surface area contributed by atoms with Gasteiger partial charge in [-0.15, -0.1) is 17.0 Å². The highest BCUT2D eigenvalue weighted by Crippen LogP contribution is 1.90. The fraction of sp³-hybridized carbons (Fsp3) is 0.273. The number of allylic oxidation sites excluding steroid dienone is 4. The van der Waals surface area contributed by atoms with Crippen molar-refractivity contribution in [3.8, 4) is 0 Å². The molecule has 0 heterocycles. The molecular weight excluding hydrogens is 276 g/mol. The standard InChI is InChI=1S/C6H4O2.C5H8O2.BrH/c7-5-1-2-6(8)4-3-5;6-4-2-1-3-5-7;/h1-4H;4-5H,1-3H2;1H. The first kappa shape index (κ1) is 17.0. The van der Waals surface area contributed by atoms with Crippen molar-refractivity contribution in [2.45, 2.75) is 19.3 Å². The van der Waals surface area contributed by atoms with Crippen LogP contribution in [0.3, 0.4) is 0 Å². The summed E-state index contributed by atoms with van der Waals surface area (Å²) in [6.45, 7) is 0. The molecule has 0 unspecified atom stereocenters. The monoisotopic (exact) mass is 288 g/mol. The lowest BCUT2D eigenvalue weighted by atomic mass is 10.2. The molecule has 0 N–H and O–H groups in total. The van der Waals surface area contributed by atoms with Crippen molar-refractivity contribution in [2.24, 2.45) is 0 Å². The molecule has 1 rings (SSSR count). The first-order valence-corrected chi connectivity index (χ1v) is 4.52. The van der Waals surface area contributed by atoms with Crippen LogP contribution in [0, 0.1) is 0 Å². The number of hydrogen-bond acceptors (Lipinski definition) is 4. The van der Waals surface area contributed by atoms with E-state index in [1.54, 1.807) is 0 Å². The normalized spacial score (nSPS) is 12.2. The molecule has 0 aromatic heterocycles. The molecule has 0 radical (unpaired) electrons. The highest BCUT2D eigenvalue weighted by atomic mass is 79.9. The number of ketones is 2. The number of rotatable bonds is 4. The third kappa shape index (κ3) is 10.7. The maximum Gasteiger partial charge on any atom is 0.178 e. The average Bonchev–Trinajstić information content (AvgIpc) is 2.24. The third-order valence-electron chi connectivity index (χ3n) is 1.47. The molecule has 1 aliphatic carbocycles. The lowest BCUT2D eigenvalue weighted by Gasteiger charge is -1.87. The summed E-state index contributed by atoms with van der Waals surface area (Å²) in [6, 6.07) is 0. The van der Waals surface area contributed by atoms with E-state index < -0.39 is 0 Å². The van der Waals surface area contributed by atoms with Gasteiger partial charge in [-0.25, -0.2) is 0 Å². The fourth-order valence-electron chi connectivity index (χ4n) is 0.724. The van der Waals surface area contributed by atoms with Crippen molar-refractivity contribution in [3.63, 3.8) is 0 Å². The van der Waals surface area contributed by atoms with Gasteiger partial charge in [0, 0.05) is 12.8 Å². The van der Waals surface area contributed by atoms with Crippen molar-refractivity contribution in [2.75, 3.05) is 0 Å². The lowest BCUT2D eigenvalue weighted by molar-refractivity contribution is -0.113. The van der Waals surface area contributed by atoms with Gasteiger partial charge in [-0.1, -0.05) is 0 Å². The van der Waals surface area contributed by atoms with E-state index in [0.717, 1.165) is 12.6 Å². The van der Waals surface area contributed by atoms with E-state index in [4.69, 9.17) is 0 Å². The summed E-state index contributed by atoms with van der Waals surface area (Å²) < 4.78 is 0. The Balaban J connectivity index is 0. The number of unbranched alkanes of at least 4 members (excludes halogenated alkanes) is 2. The van der Waals surface area contributed by atoms with E-state index in [-0.39, 0.29) is 28.5 Å². The van der Waals surface area contributed by atoms with E-state index in [1.165, 1.54) is 24.3 Å². The van der Waals surface area contributed by atoms with Crippen molar-refractivity contribution in [1.29, 1.82) is 0 Å². The second kappa shape index (κ2) is 11.7. The summed E-state index contributed by atoms with van der Waals surface area (Å²) in [4.78, 5) is 39.7. The summed E-state index contributed by atoms with van der Waals surface area (Å²) in [7, 11) is 0. The molecule has 0 fully saturated rings. The molecule has 0 saturated heterocycles. The molecule has 0 atom stereocenters. The van der Waals surface area contributed by atoms with Crippen LogP contribution in [0.15, 0.2) is 24.3 Å². The summed E-state index contributed by atoms with van der Waals surface area (Å²) in [6.07, 6.45) is 8.38. The van der Waals surface area contributed by atoms with Gasteiger partial charge in [0.2, 0.25) is 0 Å². The second-order valence-corrected chi connectivity index (χ2v) is 2.74. The molecule has 16 heavy (non-hydrogen) atoms. The minimum atomic E-state index is -0.121. The number of carbonyl (C=O) groups is 4. The third-order valence-corrected chi connectivity index (χ3v) is 1.47. The minimum absolute atomic E-state index is 0. The van der Waals surface area contributed by atoms with E-state index in [1.807, 2.05) is 0 Å². The van der Waals surface area contributed by atoms with Gasteiger partial charge in [-0.2, -0.15) is 0 Å². The summed E-state index contributed by atoms with van der Waals surface area (Å²) >= 11 is 0. The van der Waals surface area contributed by atoms with Gasteiger partial charge in [0.15, 0.2) is 11.6 Å². The molecule has 0 amide bonds. The van der Waals surface area contributed by atoms with Crippen LogP contribution >= 0.6 is 17.0 Å². The molecule has 0 aromatic carbocycles. The first-order valence-electron chi connectivity index (χ1n) is 4.52. The second-order valence-electron chi connectivity index (χ2n) is 2.74. The van der Waals surface area contributed by atoms with Crippen LogP contribution in [-0.4, -0.2) is 24.1 Å². The van der Waals surface area contributed by atoms with E-state index in [2.05, 4.69) is 0 Å². The van der Waals surface area contributed by atoms with Crippen molar-refractivity contribution >= 4 is 41.1 Å². The Morgan fingerprint density at radius 2 is 1.12 bits per heavy atom. The zero-order chi connectivity index (χ0) is 11.5. The Bertz CT molecular complexity index is 259. The topological polar surface area (TPSA) is 68.3 Å². The SMILES string of the molecule is Br.O=C1C=CC(=O)C=C1.O=CCCCC=O. The van der Waals surface area contributed by atoms with Crippen molar-refractivity contribution in [3.05, 3.63) is 24.3 Å². The van der Waals surface area contributed by atoms with E-state index >= 15 is 0 Å². The van der Waals surface area contributed by atoms with Crippen LogP contribution in [0.1, 0.15) is 19.3 Å². The summed E-state index contributed by atoms with van der Waals surface area (Å²) in [5, 5.41) is 0. The maximum atomic E-state index is 10.3. The predicted molar refractivity (Wildman–Crippen MR) is 64.6 cm³/mol. The highest BCUT2D eigenvalue weighted by Gasteiger charge is 1.97. The minimum Gasteiger partial charge on any atom is -0.303 e. The van der Waals surface area contributed by atoms with Crippen LogP contribution < -0.4 is 0 Å². The Morgan fingerprint density at radius 3 is 1.38 bits per heavy atom. The van der Waals surface area contributed by atoms with Crippen LogP contribution in [0.25, 0.3) is 0 Å². The largest absolute Gasteiger partial charge is 0.303 e. The molecule has 0 aliphatic heterocycles. The zero-order valence-corrected chi connectivity index (χ0v) is 10.3. The number of halogens is 1. The smallest absolute Gasteiger partial charge is 0.178 e. The van der Waals surface area contributed by atoms with Gasteiger partial charge in [0.25, 0.3) is 0 Å². The van der Waals surface area contributed by atoms with Gasteiger partial charge in [-0.3, -0.25) is 9.59 Å². The molecule has 1 aliphatic rings. The number of carbonyl (C=O) groups excluding carboxylic acids is 4. The van der Waals surface area contributed by atoms with Crippen LogP contribution in [-0.2, 0) is 19.2 Å². The fourth-order valence-corrected chi connectivity index (χ4v) is 0.724. The molecule has 0 saturated carbocycles. The number of hydrogen-bond donors (Lipinski definition) is 0. The quantitative estimate of drug-likeness (QED) is 0.445. The Hall–Kier alpha value is -1.36. The molecule has 4 nitrogen and oxygen atoms in total. The molecule has 0 spiro atoms. The van der Waals surface area contributed by atoms with Crippen molar-refractivity contribution < 1.29 is 19.2 Å². The van der Waals surface area contributed by atoms with Gasteiger partial charge in [-0.05, 0) is 30.7 Å². The van der Waals surface area contributed by atoms with Gasteiger partial charge >= 0.3 is 0 Å². The van der Waals surface area contributed by atoms with E-state index in [9.17, 15) is 19.2 Å². The summed E-state index contributed by atoms with van der Waals surface area (Å²) in [5.74, 6) is -0.241. The van der Waals surface area contributed by atoms with Gasteiger partial charge in [0.1, 0.15) is 12.6 Å². The zero-order valence-electron chi connectivity index (χ0n) is 8.63. The maximum absolute atomic E-state index is 10.3. The van der Waals surface area contributed by atoms with Crippen LogP contribution in [0.5, 0.6) is 0 Å². The van der Waals surface area contributed by atoms with Gasteiger partial charge < -0.3 is 9.59 Å². The highest BCUT2D eigenvalue weighted by molar-refractivity contribution is 8.93. The lowest BCUT2D eigenvalue weighted by Crippen LogP contribution is -1.97. The molecule has 0 bridgehead atoms. The molecular formula is C11H13BrO4. The Kier molecular flexibility index (Phi) is 12.5. The molecule has 0 aromatic rings. The van der Waals surface area contributed by atoms with Crippen LogP contribution in [0.2, 0.25) is 0 Å². The van der Waals surface area contributed by atoms with Crippen LogP contribution in [0.4, 0.5) is 0 Å².